The molecule has 4 aromatic rings. The molecule has 0 aliphatic heterocycles. The van der Waals surface area contributed by atoms with Gasteiger partial charge in [0.1, 0.15) is 5.65 Å². The van der Waals surface area contributed by atoms with Crippen LogP contribution in [0.2, 0.25) is 5.02 Å². The Morgan fingerprint density at radius 1 is 1.13 bits per heavy atom. The van der Waals surface area contributed by atoms with Crippen molar-refractivity contribution in [2.45, 2.75) is 40.9 Å². The van der Waals surface area contributed by atoms with Gasteiger partial charge in [-0.15, -0.1) is 0 Å². The highest BCUT2D eigenvalue weighted by Gasteiger charge is 2.19. The number of aromatic amines is 1. The first-order chi connectivity index (χ1) is 14.9. The second-order valence-electron chi connectivity index (χ2n) is 7.26. The number of primary sulfonamides is 1. The molecule has 0 unspecified atom stereocenters. The minimum absolute atomic E-state index is 0.186. The smallest absolute Gasteiger partial charge is 0.238 e. The quantitative estimate of drug-likeness (QED) is 0.344. The van der Waals surface area contributed by atoms with Crippen LogP contribution < -0.4 is 5.14 Å². The zero-order valence-electron chi connectivity index (χ0n) is 16.9. The maximum absolute atomic E-state index is 12.1. The summed E-state index contributed by atoms with van der Waals surface area (Å²) in [6, 6.07) is 16.9. The molecule has 0 amide bonds. The molecular formula is C23H22ClN3O2S2. The van der Waals surface area contributed by atoms with Gasteiger partial charge in [0, 0.05) is 26.4 Å². The van der Waals surface area contributed by atoms with E-state index in [1.165, 1.54) is 0 Å². The van der Waals surface area contributed by atoms with Gasteiger partial charge in [-0.05, 0) is 72.5 Å². The fourth-order valence-corrected chi connectivity index (χ4v) is 5.47. The highest BCUT2D eigenvalue weighted by atomic mass is 35.5. The second-order valence-corrected chi connectivity index (χ2v) is 10.3. The lowest BCUT2D eigenvalue weighted by molar-refractivity contribution is 0.596. The average molecular weight is 472 g/mol. The van der Waals surface area contributed by atoms with E-state index in [4.69, 9.17) is 16.7 Å². The van der Waals surface area contributed by atoms with Crippen LogP contribution in [0.1, 0.15) is 25.3 Å². The summed E-state index contributed by atoms with van der Waals surface area (Å²) in [6.07, 6.45) is 4.24. The third-order valence-electron chi connectivity index (χ3n) is 5.01. The molecule has 4 rings (SSSR count). The van der Waals surface area contributed by atoms with Crippen molar-refractivity contribution in [3.05, 3.63) is 71.4 Å². The Kier molecular flexibility index (Phi) is 6.39. The number of hydrogen-bond acceptors (Lipinski definition) is 4. The lowest BCUT2D eigenvalue weighted by Crippen LogP contribution is -2.14. The van der Waals surface area contributed by atoms with E-state index >= 15 is 0 Å². The number of nitrogens with two attached hydrogens (primary N) is 1. The van der Waals surface area contributed by atoms with Crippen molar-refractivity contribution in [3.8, 4) is 11.3 Å². The number of halogens is 1. The Labute approximate surface area is 191 Å². The van der Waals surface area contributed by atoms with Gasteiger partial charge in [-0.1, -0.05) is 42.8 Å². The highest BCUT2D eigenvalue weighted by molar-refractivity contribution is 7.99. The number of H-pyrrole nitrogens is 1. The number of unbranched alkanes of at least 4 members (excludes halogenated alkanes) is 1. The number of pyridine rings is 1. The van der Waals surface area contributed by atoms with E-state index in [1.54, 1.807) is 30.1 Å². The molecule has 2 aromatic heterocycles. The molecule has 2 aromatic carbocycles. The maximum Gasteiger partial charge on any atom is 0.238 e. The van der Waals surface area contributed by atoms with Gasteiger partial charge >= 0.3 is 0 Å². The minimum Gasteiger partial charge on any atom is -0.338 e. The number of nitrogens with one attached hydrogen (secondary N) is 1. The molecule has 160 valence electrons. The molecule has 5 nitrogen and oxygen atoms in total. The van der Waals surface area contributed by atoms with Crippen LogP contribution in [-0.4, -0.2) is 18.4 Å². The summed E-state index contributed by atoms with van der Waals surface area (Å²) < 4.78 is 24.2. The predicted octanol–water partition coefficient (Wildman–Crippen LogP) is 6.02. The zero-order chi connectivity index (χ0) is 22.0. The van der Waals surface area contributed by atoms with Crippen LogP contribution in [0.4, 0.5) is 0 Å². The van der Waals surface area contributed by atoms with Gasteiger partial charge in [0.25, 0.3) is 0 Å². The Bertz CT molecular complexity index is 1330. The Morgan fingerprint density at radius 3 is 2.61 bits per heavy atom. The summed E-state index contributed by atoms with van der Waals surface area (Å²) >= 11 is 7.66. The molecule has 0 aliphatic carbocycles. The standard InChI is InChI=1S/C23H22ClN3O2S2/c1-2-3-5-15-14-16(7-12-20(15)31(25,28)29)21-22(19-6-4-13-26-23(19)27-21)30-18-10-8-17(24)9-11-18/h4,6-14H,2-3,5H2,1H3,(H,26,27)(H2,25,28,29). The minimum atomic E-state index is -3.79. The van der Waals surface area contributed by atoms with Crippen molar-refractivity contribution in [2.24, 2.45) is 5.14 Å². The van der Waals surface area contributed by atoms with E-state index in [9.17, 15) is 8.42 Å². The summed E-state index contributed by atoms with van der Waals surface area (Å²) in [7, 11) is -3.79. The normalized spacial score (nSPS) is 11.8. The summed E-state index contributed by atoms with van der Waals surface area (Å²) in [5.41, 5.74) is 3.30. The van der Waals surface area contributed by atoms with E-state index < -0.39 is 10.0 Å². The first kappa shape index (κ1) is 21.9. The van der Waals surface area contributed by atoms with Gasteiger partial charge in [0.2, 0.25) is 10.0 Å². The van der Waals surface area contributed by atoms with Crippen molar-refractivity contribution < 1.29 is 8.42 Å². The van der Waals surface area contributed by atoms with Crippen molar-refractivity contribution in [1.29, 1.82) is 0 Å². The summed E-state index contributed by atoms with van der Waals surface area (Å²) in [4.78, 5) is 10.1. The van der Waals surface area contributed by atoms with Crippen LogP contribution in [0.25, 0.3) is 22.3 Å². The number of rotatable bonds is 7. The van der Waals surface area contributed by atoms with E-state index in [1.807, 2.05) is 42.5 Å². The van der Waals surface area contributed by atoms with E-state index in [0.29, 0.717) is 11.4 Å². The van der Waals surface area contributed by atoms with Crippen molar-refractivity contribution in [2.75, 3.05) is 0 Å². The Balaban J connectivity index is 1.86. The largest absolute Gasteiger partial charge is 0.338 e. The number of hydrogen-bond donors (Lipinski definition) is 2. The number of nitrogens with zero attached hydrogens (tertiary/aromatic N) is 1. The van der Waals surface area contributed by atoms with Crippen LogP contribution in [0.5, 0.6) is 0 Å². The Morgan fingerprint density at radius 2 is 1.90 bits per heavy atom. The van der Waals surface area contributed by atoms with Crippen molar-refractivity contribution in [1.82, 2.24) is 9.97 Å². The number of aryl methyl sites for hydroxylation is 1. The first-order valence-electron chi connectivity index (χ1n) is 9.93. The predicted molar refractivity (Wildman–Crippen MR) is 127 cm³/mol. The number of fused-ring (bicyclic) bond motifs is 1. The topological polar surface area (TPSA) is 88.8 Å². The third kappa shape index (κ3) is 4.80. The summed E-state index contributed by atoms with van der Waals surface area (Å²) in [6.45, 7) is 2.07. The van der Waals surface area contributed by atoms with E-state index in [-0.39, 0.29) is 4.90 Å². The number of sulfonamides is 1. The molecule has 0 radical (unpaired) electrons. The van der Waals surface area contributed by atoms with Gasteiger partial charge in [-0.3, -0.25) is 0 Å². The van der Waals surface area contributed by atoms with Gasteiger partial charge in [0.15, 0.2) is 0 Å². The molecule has 0 aliphatic rings. The first-order valence-corrected chi connectivity index (χ1v) is 12.7. The molecule has 31 heavy (non-hydrogen) atoms. The molecule has 8 heteroatoms. The van der Waals surface area contributed by atoms with Crippen molar-refractivity contribution >= 4 is 44.4 Å². The summed E-state index contributed by atoms with van der Waals surface area (Å²) in [5.74, 6) is 0. The fourth-order valence-electron chi connectivity index (χ4n) is 3.50. The van der Waals surface area contributed by atoms with Crippen LogP contribution >= 0.6 is 23.4 Å². The van der Waals surface area contributed by atoms with Crippen molar-refractivity contribution in [3.63, 3.8) is 0 Å². The van der Waals surface area contributed by atoms with Crippen LogP contribution in [-0.2, 0) is 16.4 Å². The molecule has 0 bridgehead atoms. The molecule has 0 spiro atoms. The van der Waals surface area contributed by atoms with E-state index in [2.05, 4.69) is 16.9 Å². The SMILES string of the molecule is CCCCc1cc(-c2[nH]c3ncccc3c2Sc2ccc(Cl)cc2)ccc1S(N)(=O)=O. The zero-order valence-corrected chi connectivity index (χ0v) is 19.3. The third-order valence-corrected chi connectivity index (χ3v) is 7.41. The molecule has 0 atom stereocenters. The fraction of sp³-hybridized carbons (Fsp3) is 0.174. The second kappa shape index (κ2) is 9.04. The summed E-state index contributed by atoms with van der Waals surface area (Å²) in [5, 5.41) is 7.15. The van der Waals surface area contributed by atoms with Crippen LogP contribution in [0.3, 0.4) is 0 Å². The lowest BCUT2D eigenvalue weighted by Gasteiger charge is -2.11. The molecule has 2 heterocycles. The molecular weight excluding hydrogens is 450 g/mol. The average Bonchev–Trinajstić information content (AvgIpc) is 3.11. The van der Waals surface area contributed by atoms with Gasteiger partial charge in [-0.2, -0.15) is 0 Å². The molecule has 0 fully saturated rings. The maximum atomic E-state index is 12.1. The van der Waals surface area contributed by atoms with Crippen LogP contribution in [0.15, 0.2) is 75.5 Å². The van der Waals surface area contributed by atoms with E-state index in [0.717, 1.165) is 50.5 Å². The number of aromatic nitrogens is 2. The number of benzene rings is 2. The highest BCUT2D eigenvalue weighted by Crippen LogP contribution is 2.41. The van der Waals surface area contributed by atoms with Gasteiger partial charge in [-0.25, -0.2) is 18.5 Å². The monoisotopic (exact) mass is 471 g/mol. The lowest BCUT2D eigenvalue weighted by atomic mass is 10.0. The molecule has 0 saturated carbocycles. The molecule has 3 N–H and O–H groups in total. The van der Waals surface area contributed by atoms with Crippen LogP contribution in [0, 0.1) is 0 Å². The molecule has 0 saturated heterocycles. The van der Waals surface area contributed by atoms with Gasteiger partial charge < -0.3 is 4.98 Å². The Hall–Kier alpha value is -2.32. The van der Waals surface area contributed by atoms with Gasteiger partial charge in [0.05, 0.1) is 10.6 Å².